The Morgan fingerprint density at radius 3 is 2.45 bits per heavy atom. The molecular formula is C26H29N3O3S. The fourth-order valence-electron chi connectivity index (χ4n) is 4.13. The molecule has 1 saturated heterocycles. The normalized spacial score (nSPS) is 13.7. The van der Waals surface area contributed by atoms with Crippen molar-refractivity contribution in [3.05, 3.63) is 89.0 Å². The summed E-state index contributed by atoms with van der Waals surface area (Å²) < 4.78 is 28.4. The first kappa shape index (κ1) is 22.9. The Bertz CT molecular complexity index is 1270. The molecule has 172 valence electrons. The number of nitrogens with zero attached hydrogens (tertiary/aromatic N) is 1. The molecule has 6 nitrogen and oxygen atoms in total. The Hall–Kier alpha value is -3.32. The number of rotatable bonds is 7. The highest BCUT2D eigenvalue weighted by atomic mass is 32.2. The minimum Gasteiger partial charge on any atom is -0.371 e. The molecule has 2 N–H and O–H groups in total. The Morgan fingerprint density at radius 1 is 0.939 bits per heavy atom. The van der Waals surface area contributed by atoms with Crippen LogP contribution in [-0.2, 0) is 16.6 Å². The average Bonchev–Trinajstić information content (AvgIpc) is 3.32. The second kappa shape index (κ2) is 9.67. The summed E-state index contributed by atoms with van der Waals surface area (Å²) >= 11 is 0. The van der Waals surface area contributed by atoms with E-state index in [1.807, 2.05) is 31.2 Å². The average molecular weight is 464 g/mol. The number of benzene rings is 3. The molecule has 1 heterocycles. The lowest BCUT2D eigenvalue weighted by Crippen LogP contribution is -2.26. The smallest absolute Gasteiger partial charge is 0.261 e. The predicted molar refractivity (Wildman–Crippen MR) is 132 cm³/mol. The molecule has 0 aromatic heterocycles. The molecule has 4 rings (SSSR count). The summed E-state index contributed by atoms with van der Waals surface area (Å²) in [5.41, 5.74) is 4.70. The van der Waals surface area contributed by atoms with Crippen molar-refractivity contribution in [3.63, 3.8) is 0 Å². The van der Waals surface area contributed by atoms with Gasteiger partial charge in [0.15, 0.2) is 0 Å². The topological polar surface area (TPSA) is 78.5 Å². The van der Waals surface area contributed by atoms with E-state index in [1.165, 1.54) is 25.0 Å². The molecule has 33 heavy (non-hydrogen) atoms. The Morgan fingerprint density at radius 2 is 1.70 bits per heavy atom. The maximum Gasteiger partial charge on any atom is 0.261 e. The van der Waals surface area contributed by atoms with Crippen LogP contribution in [0.5, 0.6) is 0 Å². The van der Waals surface area contributed by atoms with Crippen LogP contribution in [0.15, 0.2) is 71.6 Å². The van der Waals surface area contributed by atoms with E-state index in [1.54, 1.807) is 31.2 Å². The minimum atomic E-state index is -3.82. The molecule has 1 fully saturated rings. The van der Waals surface area contributed by atoms with E-state index in [2.05, 4.69) is 21.0 Å². The van der Waals surface area contributed by atoms with Crippen LogP contribution in [0.2, 0.25) is 0 Å². The lowest BCUT2D eigenvalue weighted by Gasteiger charge is -2.21. The first-order chi connectivity index (χ1) is 15.8. The molecule has 1 amide bonds. The molecule has 3 aromatic carbocycles. The van der Waals surface area contributed by atoms with Gasteiger partial charge in [-0.1, -0.05) is 36.4 Å². The number of sulfonamides is 1. The SMILES string of the molecule is Cc1cccc(NS(=O)(=O)c2ccc(C)c(C(=O)NCc3ccccc3N3CCCC3)c2)c1. The van der Waals surface area contributed by atoms with Gasteiger partial charge in [-0.15, -0.1) is 0 Å². The van der Waals surface area contributed by atoms with Crippen molar-refractivity contribution in [1.29, 1.82) is 0 Å². The number of anilines is 2. The first-order valence-electron chi connectivity index (χ1n) is 11.1. The number of hydrogen-bond acceptors (Lipinski definition) is 4. The number of amides is 1. The van der Waals surface area contributed by atoms with Crippen molar-refractivity contribution in [2.45, 2.75) is 38.1 Å². The van der Waals surface area contributed by atoms with Crippen LogP contribution >= 0.6 is 0 Å². The Balaban J connectivity index is 1.52. The largest absolute Gasteiger partial charge is 0.371 e. The third-order valence-corrected chi connectivity index (χ3v) is 7.29. The zero-order valence-corrected chi connectivity index (χ0v) is 19.8. The molecular weight excluding hydrogens is 434 g/mol. The van der Waals surface area contributed by atoms with E-state index in [9.17, 15) is 13.2 Å². The molecule has 0 unspecified atom stereocenters. The third-order valence-electron chi connectivity index (χ3n) is 5.91. The highest BCUT2D eigenvalue weighted by Crippen LogP contribution is 2.25. The summed E-state index contributed by atoms with van der Waals surface area (Å²) in [5.74, 6) is -0.295. The van der Waals surface area contributed by atoms with Crippen molar-refractivity contribution in [2.75, 3.05) is 22.7 Å². The molecule has 0 spiro atoms. The van der Waals surface area contributed by atoms with E-state index in [0.717, 1.165) is 35.5 Å². The van der Waals surface area contributed by atoms with E-state index < -0.39 is 10.0 Å². The molecule has 1 aliphatic rings. The van der Waals surface area contributed by atoms with Gasteiger partial charge in [-0.3, -0.25) is 9.52 Å². The van der Waals surface area contributed by atoms with Crippen molar-refractivity contribution in [3.8, 4) is 0 Å². The standard InChI is InChI=1S/C26H29N3O3S/c1-19-8-7-10-22(16-19)28-33(31,32)23-13-12-20(2)24(17-23)26(30)27-18-21-9-3-4-11-25(21)29-14-5-6-15-29/h3-4,7-13,16-17,28H,5-6,14-15,18H2,1-2H3,(H,27,30). The Kier molecular flexibility index (Phi) is 6.70. The number of hydrogen-bond donors (Lipinski definition) is 2. The van der Waals surface area contributed by atoms with Crippen LogP contribution in [0, 0.1) is 13.8 Å². The highest BCUT2D eigenvalue weighted by molar-refractivity contribution is 7.92. The number of carbonyl (C=O) groups excluding carboxylic acids is 1. The predicted octanol–water partition coefficient (Wildman–Crippen LogP) is 4.63. The van der Waals surface area contributed by atoms with E-state index >= 15 is 0 Å². The summed E-state index contributed by atoms with van der Waals surface area (Å²) in [4.78, 5) is 15.4. The fourth-order valence-corrected chi connectivity index (χ4v) is 5.21. The quantitative estimate of drug-likeness (QED) is 0.535. The molecule has 1 aliphatic heterocycles. The van der Waals surface area contributed by atoms with Crippen LogP contribution in [0.3, 0.4) is 0 Å². The zero-order valence-electron chi connectivity index (χ0n) is 19.0. The van der Waals surface area contributed by atoms with Gasteiger partial charge in [0.2, 0.25) is 0 Å². The van der Waals surface area contributed by atoms with Gasteiger partial charge in [0, 0.05) is 36.6 Å². The van der Waals surface area contributed by atoms with Gasteiger partial charge in [-0.25, -0.2) is 8.42 Å². The lowest BCUT2D eigenvalue weighted by atomic mass is 10.1. The van der Waals surface area contributed by atoms with Crippen molar-refractivity contribution >= 4 is 27.3 Å². The monoisotopic (exact) mass is 463 g/mol. The van der Waals surface area contributed by atoms with Gasteiger partial charge in [-0.2, -0.15) is 0 Å². The highest BCUT2D eigenvalue weighted by Gasteiger charge is 2.19. The van der Waals surface area contributed by atoms with Gasteiger partial charge >= 0.3 is 0 Å². The van der Waals surface area contributed by atoms with Crippen LogP contribution < -0.4 is 14.9 Å². The van der Waals surface area contributed by atoms with Crippen LogP contribution in [0.25, 0.3) is 0 Å². The summed E-state index contributed by atoms with van der Waals surface area (Å²) in [6.07, 6.45) is 2.36. The number of aryl methyl sites for hydroxylation is 2. The van der Waals surface area contributed by atoms with Gasteiger partial charge in [0.05, 0.1) is 4.90 Å². The molecule has 7 heteroatoms. The minimum absolute atomic E-state index is 0.0530. The van der Waals surface area contributed by atoms with E-state index in [-0.39, 0.29) is 10.8 Å². The Labute approximate surface area is 195 Å². The van der Waals surface area contributed by atoms with Gasteiger partial charge in [0.1, 0.15) is 0 Å². The lowest BCUT2D eigenvalue weighted by molar-refractivity contribution is 0.0950. The summed E-state index contributed by atoms with van der Waals surface area (Å²) in [5, 5.41) is 2.97. The van der Waals surface area contributed by atoms with Gasteiger partial charge in [0.25, 0.3) is 15.9 Å². The number of para-hydroxylation sites is 1. The van der Waals surface area contributed by atoms with Crippen molar-refractivity contribution in [1.82, 2.24) is 5.32 Å². The van der Waals surface area contributed by atoms with Gasteiger partial charge in [-0.05, 0) is 73.7 Å². The maximum atomic E-state index is 13.0. The van der Waals surface area contributed by atoms with Crippen LogP contribution in [-0.4, -0.2) is 27.4 Å². The van der Waals surface area contributed by atoms with Crippen molar-refractivity contribution in [2.24, 2.45) is 0 Å². The first-order valence-corrected chi connectivity index (χ1v) is 12.6. The molecule has 0 atom stereocenters. The second-order valence-corrected chi connectivity index (χ2v) is 10.1. The number of nitrogens with one attached hydrogen (secondary N) is 2. The molecule has 0 bridgehead atoms. The molecule has 0 saturated carbocycles. The van der Waals surface area contributed by atoms with Gasteiger partial charge < -0.3 is 10.2 Å². The van der Waals surface area contributed by atoms with E-state index in [0.29, 0.717) is 17.8 Å². The zero-order chi connectivity index (χ0) is 23.4. The fraction of sp³-hybridized carbons (Fsp3) is 0.269. The summed E-state index contributed by atoms with van der Waals surface area (Å²) in [6.45, 7) is 6.13. The van der Waals surface area contributed by atoms with Crippen LogP contribution in [0.4, 0.5) is 11.4 Å². The molecule has 0 aliphatic carbocycles. The molecule has 3 aromatic rings. The third kappa shape index (κ3) is 5.37. The summed E-state index contributed by atoms with van der Waals surface area (Å²) in [7, 11) is -3.82. The summed E-state index contributed by atoms with van der Waals surface area (Å²) in [6, 6.07) is 19.9. The number of carbonyl (C=O) groups is 1. The maximum absolute atomic E-state index is 13.0. The second-order valence-electron chi connectivity index (χ2n) is 8.46. The van der Waals surface area contributed by atoms with Crippen molar-refractivity contribution < 1.29 is 13.2 Å². The van der Waals surface area contributed by atoms with Crippen LogP contribution in [0.1, 0.15) is 39.9 Å². The molecule has 0 radical (unpaired) electrons. The van der Waals surface area contributed by atoms with E-state index in [4.69, 9.17) is 0 Å².